The van der Waals surface area contributed by atoms with Crippen LogP contribution < -0.4 is 4.74 Å². The van der Waals surface area contributed by atoms with Crippen LogP contribution in [0.3, 0.4) is 0 Å². The predicted molar refractivity (Wildman–Crippen MR) is 73.0 cm³/mol. The minimum atomic E-state index is 0.218. The van der Waals surface area contributed by atoms with Crippen molar-refractivity contribution < 1.29 is 9.47 Å². The highest BCUT2D eigenvalue weighted by Gasteiger charge is 2.14. The molecule has 0 bridgehead atoms. The molecule has 3 heteroatoms. The van der Waals surface area contributed by atoms with Crippen molar-refractivity contribution in [2.24, 2.45) is 0 Å². The molecular weight excluding hydrogens is 226 g/mol. The molecule has 18 heavy (non-hydrogen) atoms. The van der Waals surface area contributed by atoms with Gasteiger partial charge in [-0.2, -0.15) is 0 Å². The summed E-state index contributed by atoms with van der Waals surface area (Å²) < 4.78 is 11.3. The van der Waals surface area contributed by atoms with Crippen LogP contribution in [-0.4, -0.2) is 37.3 Å². The second kappa shape index (κ2) is 6.21. The summed E-state index contributed by atoms with van der Waals surface area (Å²) in [6, 6.07) is 6.47. The molecule has 1 aromatic rings. The second-order valence-corrected chi connectivity index (χ2v) is 5.17. The second-order valence-electron chi connectivity index (χ2n) is 5.17. The number of benzene rings is 1. The van der Waals surface area contributed by atoms with Crippen molar-refractivity contribution in [2.75, 3.05) is 26.3 Å². The van der Waals surface area contributed by atoms with Crippen molar-refractivity contribution in [3.63, 3.8) is 0 Å². The number of hydrogen-bond acceptors (Lipinski definition) is 3. The Labute approximate surface area is 110 Å². The third kappa shape index (κ3) is 3.72. The predicted octanol–water partition coefficient (Wildman–Crippen LogP) is 2.61. The summed E-state index contributed by atoms with van der Waals surface area (Å²) in [5.74, 6) is 1.02. The molecule has 0 N–H and O–H groups in total. The van der Waals surface area contributed by atoms with Crippen LogP contribution in [0.5, 0.6) is 5.75 Å². The van der Waals surface area contributed by atoms with Gasteiger partial charge in [-0.25, -0.2) is 0 Å². The quantitative estimate of drug-likeness (QED) is 0.818. The third-order valence-corrected chi connectivity index (χ3v) is 3.08. The Morgan fingerprint density at radius 2 is 2.00 bits per heavy atom. The Kier molecular flexibility index (Phi) is 4.61. The first-order valence-corrected chi connectivity index (χ1v) is 6.71. The van der Waals surface area contributed by atoms with Crippen molar-refractivity contribution in [3.8, 4) is 5.75 Å². The number of rotatable bonds is 4. The standard InChI is InChI=1S/C15H23NO2/c1-12(2)18-15-10-13(3)4-5-14(15)11-16-6-8-17-9-7-16/h4-5,10,12H,6-9,11H2,1-3H3. The van der Waals surface area contributed by atoms with Crippen LogP contribution in [0.4, 0.5) is 0 Å². The maximum absolute atomic E-state index is 5.91. The van der Waals surface area contributed by atoms with E-state index in [1.165, 1.54) is 11.1 Å². The van der Waals surface area contributed by atoms with E-state index >= 15 is 0 Å². The van der Waals surface area contributed by atoms with Gasteiger partial charge in [-0.1, -0.05) is 12.1 Å². The summed E-state index contributed by atoms with van der Waals surface area (Å²) in [5.41, 5.74) is 2.52. The van der Waals surface area contributed by atoms with Gasteiger partial charge in [0.2, 0.25) is 0 Å². The fraction of sp³-hybridized carbons (Fsp3) is 0.600. The SMILES string of the molecule is Cc1ccc(CN2CCOCC2)c(OC(C)C)c1. The minimum absolute atomic E-state index is 0.218. The molecule has 2 rings (SSSR count). The van der Waals surface area contributed by atoms with E-state index in [9.17, 15) is 0 Å². The highest BCUT2D eigenvalue weighted by atomic mass is 16.5. The minimum Gasteiger partial charge on any atom is -0.491 e. The zero-order valence-corrected chi connectivity index (χ0v) is 11.6. The van der Waals surface area contributed by atoms with Gasteiger partial charge < -0.3 is 9.47 Å². The lowest BCUT2D eigenvalue weighted by Gasteiger charge is -2.27. The Balaban J connectivity index is 2.09. The Bertz CT molecular complexity index is 384. The third-order valence-electron chi connectivity index (χ3n) is 3.08. The van der Waals surface area contributed by atoms with Gasteiger partial charge in [0.25, 0.3) is 0 Å². The maximum Gasteiger partial charge on any atom is 0.124 e. The van der Waals surface area contributed by atoms with Crippen LogP contribution in [-0.2, 0) is 11.3 Å². The first-order chi connectivity index (χ1) is 8.65. The molecule has 1 aromatic carbocycles. The summed E-state index contributed by atoms with van der Waals surface area (Å²) in [4.78, 5) is 2.42. The van der Waals surface area contributed by atoms with E-state index in [2.05, 4.69) is 43.9 Å². The van der Waals surface area contributed by atoms with Crippen LogP contribution in [0, 0.1) is 6.92 Å². The van der Waals surface area contributed by atoms with Gasteiger partial charge in [-0.3, -0.25) is 4.90 Å². The van der Waals surface area contributed by atoms with Crippen molar-refractivity contribution in [1.29, 1.82) is 0 Å². The number of ether oxygens (including phenoxy) is 2. The molecule has 0 unspecified atom stereocenters. The summed E-state index contributed by atoms with van der Waals surface area (Å²) in [6.45, 7) is 10.9. The number of nitrogens with zero attached hydrogens (tertiary/aromatic N) is 1. The van der Waals surface area contributed by atoms with E-state index in [1.807, 2.05) is 0 Å². The van der Waals surface area contributed by atoms with Gasteiger partial charge in [0.15, 0.2) is 0 Å². The van der Waals surface area contributed by atoms with E-state index in [-0.39, 0.29) is 6.10 Å². The van der Waals surface area contributed by atoms with Crippen LogP contribution in [0.25, 0.3) is 0 Å². The van der Waals surface area contributed by atoms with E-state index in [0.717, 1.165) is 38.6 Å². The van der Waals surface area contributed by atoms with E-state index in [4.69, 9.17) is 9.47 Å². The van der Waals surface area contributed by atoms with E-state index in [0.29, 0.717) is 0 Å². The molecule has 1 saturated heterocycles. The van der Waals surface area contributed by atoms with Crippen LogP contribution in [0.15, 0.2) is 18.2 Å². The van der Waals surface area contributed by atoms with Crippen LogP contribution in [0.1, 0.15) is 25.0 Å². The topological polar surface area (TPSA) is 21.7 Å². The van der Waals surface area contributed by atoms with Gasteiger partial charge >= 0.3 is 0 Å². The zero-order valence-electron chi connectivity index (χ0n) is 11.6. The summed E-state index contributed by atoms with van der Waals surface area (Å²) in [5, 5.41) is 0. The van der Waals surface area contributed by atoms with Gasteiger partial charge in [-0.05, 0) is 32.4 Å². The largest absolute Gasteiger partial charge is 0.491 e. The first kappa shape index (κ1) is 13.4. The molecule has 0 aliphatic carbocycles. The number of aryl methyl sites for hydroxylation is 1. The molecule has 1 aliphatic heterocycles. The van der Waals surface area contributed by atoms with Crippen LogP contribution >= 0.6 is 0 Å². The summed E-state index contributed by atoms with van der Waals surface area (Å²) in [7, 11) is 0. The Morgan fingerprint density at radius 3 is 2.67 bits per heavy atom. The lowest BCUT2D eigenvalue weighted by Crippen LogP contribution is -2.35. The molecule has 0 radical (unpaired) electrons. The molecule has 0 saturated carbocycles. The van der Waals surface area contributed by atoms with Gasteiger partial charge in [0.05, 0.1) is 19.3 Å². The van der Waals surface area contributed by atoms with Crippen molar-refractivity contribution in [1.82, 2.24) is 4.90 Å². The average molecular weight is 249 g/mol. The van der Waals surface area contributed by atoms with Crippen LogP contribution in [0.2, 0.25) is 0 Å². The first-order valence-electron chi connectivity index (χ1n) is 6.71. The van der Waals surface area contributed by atoms with Crippen molar-refractivity contribution >= 4 is 0 Å². The molecule has 1 fully saturated rings. The van der Waals surface area contributed by atoms with E-state index in [1.54, 1.807) is 0 Å². The highest BCUT2D eigenvalue weighted by Crippen LogP contribution is 2.23. The molecule has 100 valence electrons. The normalized spacial score (nSPS) is 17.1. The molecular formula is C15H23NO2. The summed E-state index contributed by atoms with van der Waals surface area (Å²) in [6.07, 6.45) is 0.218. The number of morpholine rings is 1. The van der Waals surface area contributed by atoms with Gasteiger partial charge in [0.1, 0.15) is 5.75 Å². The molecule has 0 aromatic heterocycles. The molecule has 0 spiro atoms. The van der Waals surface area contributed by atoms with Gasteiger partial charge in [0, 0.05) is 25.2 Å². The molecule has 0 amide bonds. The molecule has 1 aliphatic rings. The molecule has 3 nitrogen and oxygen atoms in total. The molecule has 0 atom stereocenters. The van der Waals surface area contributed by atoms with Gasteiger partial charge in [-0.15, -0.1) is 0 Å². The monoisotopic (exact) mass is 249 g/mol. The highest BCUT2D eigenvalue weighted by molar-refractivity contribution is 5.37. The fourth-order valence-corrected chi connectivity index (χ4v) is 2.16. The average Bonchev–Trinajstić information content (AvgIpc) is 2.33. The lowest BCUT2D eigenvalue weighted by atomic mass is 10.1. The Hall–Kier alpha value is -1.06. The number of hydrogen-bond donors (Lipinski definition) is 0. The van der Waals surface area contributed by atoms with Crippen molar-refractivity contribution in [3.05, 3.63) is 29.3 Å². The van der Waals surface area contributed by atoms with E-state index < -0.39 is 0 Å². The fourth-order valence-electron chi connectivity index (χ4n) is 2.16. The smallest absolute Gasteiger partial charge is 0.124 e. The Morgan fingerprint density at radius 1 is 1.28 bits per heavy atom. The molecule has 1 heterocycles. The van der Waals surface area contributed by atoms with Crippen molar-refractivity contribution in [2.45, 2.75) is 33.4 Å². The lowest BCUT2D eigenvalue weighted by molar-refractivity contribution is 0.0336. The maximum atomic E-state index is 5.91. The zero-order chi connectivity index (χ0) is 13.0. The summed E-state index contributed by atoms with van der Waals surface area (Å²) >= 11 is 0.